The number of anilines is 3. The van der Waals surface area contributed by atoms with Gasteiger partial charge < -0.3 is 4.90 Å². The number of hydrogen-bond donors (Lipinski definition) is 0. The fourth-order valence-corrected chi connectivity index (χ4v) is 9.96. The summed E-state index contributed by atoms with van der Waals surface area (Å²) in [6, 6.07) is 58.8. The molecule has 8 aromatic rings. The van der Waals surface area contributed by atoms with Crippen LogP contribution in [0.25, 0.3) is 42.4 Å². The summed E-state index contributed by atoms with van der Waals surface area (Å²) in [6.07, 6.45) is 0. The zero-order chi connectivity index (χ0) is 32.9. The molecule has 0 N–H and O–H groups in total. The van der Waals surface area contributed by atoms with Crippen LogP contribution >= 0.6 is 11.3 Å². The molecule has 0 radical (unpaired) electrons. The van der Waals surface area contributed by atoms with Gasteiger partial charge in [-0.25, -0.2) is 0 Å². The highest BCUT2D eigenvalue weighted by Gasteiger charge is 2.43. The molecular formula is C47H35NS. The fourth-order valence-electron chi connectivity index (χ4n) is 8.82. The van der Waals surface area contributed by atoms with E-state index in [0.29, 0.717) is 0 Å². The number of hydrogen-bond acceptors (Lipinski definition) is 2. The van der Waals surface area contributed by atoms with Crippen LogP contribution in [0.2, 0.25) is 0 Å². The van der Waals surface area contributed by atoms with Crippen molar-refractivity contribution >= 4 is 48.6 Å². The van der Waals surface area contributed by atoms with E-state index >= 15 is 0 Å². The zero-order valence-corrected chi connectivity index (χ0v) is 28.7. The molecule has 1 nitrogen and oxygen atoms in total. The van der Waals surface area contributed by atoms with Crippen LogP contribution in [0.5, 0.6) is 0 Å². The number of para-hydroxylation sites is 1. The summed E-state index contributed by atoms with van der Waals surface area (Å²) in [5, 5.41) is 2.65. The molecule has 0 bridgehead atoms. The quantitative estimate of drug-likeness (QED) is 0.184. The Morgan fingerprint density at radius 1 is 0.408 bits per heavy atom. The number of benzene rings is 7. The summed E-state index contributed by atoms with van der Waals surface area (Å²) >= 11 is 1.87. The van der Waals surface area contributed by atoms with E-state index < -0.39 is 0 Å². The summed E-state index contributed by atoms with van der Waals surface area (Å²) in [6.45, 7) is 7.22. The number of thiophene rings is 1. The van der Waals surface area contributed by atoms with E-state index in [4.69, 9.17) is 0 Å². The second kappa shape index (κ2) is 10.3. The minimum absolute atomic E-state index is 0.164. The van der Waals surface area contributed by atoms with Gasteiger partial charge in [-0.05, 0) is 99.5 Å². The second-order valence-electron chi connectivity index (χ2n) is 14.3. The summed E-state index contributed by atoms with van der Waals surface area (Å²) < 4.78 is 2.64. The molecule has 1 aromatic heterocycles. The van der Waals surface area contributed by atoms with Gasteiger partial charge in [-0.15, -0.1) is 11.3 Å². The van der Waals surface area contributed by atoms with Gasteiger partial charge in [0.15, 0.2) is 0 Å². The van der Waals surface area contributed by atoms with E-state index in [0.717, 1.165) is 5.69 Å². The molecule has 0 fully saturated rings. The Bertz CT molecular complexity index is 2560. The predicted octanol–water partition coefficient (Wildman–Crippen LogP) is 13.2. The van der Waals surface area contributed by atoms with Crippen LogP contribution in [0.1, 0.15) is 48.6 Å². The summed E-state index contributed by atoms with van der Waals surface area (Å²) in [4.78, 5) is 2.42. The van der Waals surface area contributed by atoms with E-state index in [-0.39, 0.29) is 10.8 Å². The molecule has 49 heavy (non-hydrogen) atoms. The maximum absolute atomic E-state index is 2.51. The Morgan fingerprint density at radius 3 is 1.71 bits per heavy atom. The molecule has 2 heteroatoms. The number of fused-ring (bicyclic) bond motifs is 9. The van der Waals surface area contributed by atoms with Crippen LogP contribution in [0.3, 0.4) is 0 Å². The highest BCUT2D eigenvalue weighted by Crippen LogP contribution is 2.56. The van der Waals surface area contributed by atoms with Gasteiger partial charge in [0.05, 0.1) is 0 Å². The SMILES string of the molecule is CC1(C)c2cc(N(c3ccccc3)c3ccc4c(c3)sc3ccccc34)ccc2-c2ccc(C3(C)c4ccccc4-c4ccccc43)cc21. The molecule has 0 saturated heterocycles. The standard InChI is InChI=1S/C47H35NS/c1-46(2)42-27-30(47(3)40-18-10-7-15-34(40)35-16-8-11-19-41(35)47)21-24-36(42)37-25-22-32(28-43(37)46)48(31-13-5-4-6-14-31)33-23-26-39-38-17-9-12-20-44(38)49-45(39)29-33/h4-29H,1-3H3. The Balaban J connectivity index is 1.10. The van der Waals surface area contributed by atoms with Crippen molar-refractivity contribution in [1.29, 1.82) is 0 Å². The first-order chi connectivity index (χ1) is 23.9. The van der Waals surface area contributed by atoms with Crippen molar-refractivity contribution in [3.8, 4) is 22.3 Å². The molecule has 0 saturated carbocycles. The van der Waals surface area contributed by atoms with Gasteiger partial charge in [0.2, 0.25) is 0 Å². The molecule has 1 heterocycles. The lowest BCUT2D eigenvalue weighted by Gasteiger charge is -2.30. The largest absolute Gasteiger partial charge is 0.310 e. The van der Waals surface area contributed by atoms with Crippen LogP contribution in [-0.2, 0) is 10.8 Å². The number of nitrogens with zero attached hydrogens (tertiary/aromatic N) is 1. The fraction of sp³-hybridized carbons (Fsp3) is 0.106. The van der Waals surface area contributed by atoms with Gasteiger partial charge in [0.25, 0.3) is 0 Å². The summed E-state index contributed by atoms with van der Waals surface area (Å²) in [5.41, 5.74) is 15.4. The first-order valence-electron chi connectivity index (χ1n) is 17.2. The molecular weight excluding hydrogens is 611 g/mol. The molecule has 234 valence electrons. The Morgan fingerprint density at radius 2 is 0.959 bits per heavy atom. The van der Waals surface area contributed by atoms with Gasteiger partial charge in [-0.3, -0.25) is 0 Å². The third kappa shape index (κ3) is 3.98. The maximum atomic E-state index is 2.51. The molecule has 7 aromatic carbocycles. The Kier molecular flexibility index (Phi) is 5.99. The molecule has 0 atom stereocenters. The summed E-state index contributed by atoms with van der Waals surface area (Å²) in [7, 11) is 0. The second-order valence-corrected chi connectivity index (χ2v) is 15.4. The topological polar surface area (TPSA) is 3.24 Å². The van der Waals surface area contributed by atoms with Crippen molar-refractivity contribution in [3.05, 3.63) is 186 Å². The van der Waals surface area contributed by atoms with Crippen LogP contribution in [0, 0.1) is 0 Å². The summed E-state index contributed by atoms with van der Waals surface area (Å²) in [5.74, 6) is 0. The molecule has 0 aliphatic heterocycles. The lowest BCUT2D eigenvalue weighted by Crippen LogP contribution is -2.24. The van der Waals surface area contributed by atoms with Crippen LogP contribution in [-0.4, -0.2) is 0 Å². The third-order valence-corrected chi connectivity index (χ3v) is 12.5. The maximum Gasteiger partial charge on any atom is 0.0476 e. The van der Waals surface area contributed by atoms with Crippen molar-refractivity contribution in [3.63, 3.8) is 0 Å². The molecule has 0 spiro atoms. The minimum atomic E-state index is -0.215. The monoisotopic (exact) mass is 645 g/mol. The highest BCUT2D eigenvalue weighted by molar-refractivity contribution is 7.25. The van der Waals surface area contributed by atoms with Crippen molar-refractivity contribution in [2.24, 2.45) is 0 Å². The van der Waals surface area contributed by atoms with E-state index in [2.05, 4.69) is 183 Å². The van der Waals surface area contributed by atoms with Gasteiger partial charge in [-0.2, -0.15) is 0 Å². The molecule has 2 aliphatic rings. The first-order valence-corrected chi connectivity index (χ1v) is 18.0. The molecule has 2 aliphatic carbocycles. The normalized spacial score (nSPS) is 14.8. The van der Waals surface area contributed by atoms with Crippen LogP contribution in [0.15, 0.2) is 158 Å². The van der Waals surface area contributed by atoms with Gasteiger partial charge in [-0.1, -0.05) is 129 Å². The number of rotatable bonds is 4. The first kappa shape index (κ1) is 28.6. The van der Waals surface area contributed by atoms with E-state index in [9.17, 15) is 0 Å². The molecule has 0 amide bonds. The zero-order valence-electron chi connectivity index (χ0n) is 27.9. The molecule has 10 rings (SSSR count). The van der Waals surface area contributed by atoms with E-state index in [1.54, 1.807) is 0 Å². The predicted molar refractivity (Wildman–Crippen MR) is 209 cm³/mol. The highest BCUT2D eigenvalue weighted by atomic mass is 32.1. The average molecular weight is 646 g/mol. The van der Waals surface area contributed by atoms with Crippen LogP contribution < -0.4 is 4.90 Å². The lowest BCUT2D eigenvalue weighted by molar-refractivity contribution is 0.652. The van der Waals surface area contributed by atoms with E-state index in [1.165, 1.54) is 81.6 Å². The lowest BCUT2D eigenvalue weighted by atomic mass is 9.72. The van der Waals surface area contributed by atoms with Crippen molar-refractivity contribution < 1.29 is 0 Å². The van der Waals surface area contributed by atoms with Crippen molar-refractivity contribution in [2.45, 2.75) is 31.6 Å². The minimum Gasteiger partial charge on any atom is -0.310 e. The Labute approximate surface area is 291 Å². The van der Waals surface area contributed by atoms with Crippen molar-refractivity contribution in [1.82, 2.24) is 0 Å². The van der Waals surface area contributed by atoms with Gasteiger partial charge in [0.1, 0.15) is 0 Å². The van der Waals surface area contributed by atoms with Crippen molar-refractivity contribution in [2.75, 3.05) is 4.90 Å². The van der Waals surface area contributed by atoms with Crippen LogP contribution in [0.4, 0.5) is 17.1 Å². The van der Waals surface area contributed by atoms with Gasteiger partial charge in [0, 0.05) is 48.1 Å². The van der Waals surface area contributed by atoms with Gasteiger partial charge >= 0.3 is 0 Å². The molecule has 0 unspecified atom stereocenters. The Hall–Kier alpha value is -5.44. The smallest absolute Gasteiger partial charge is 0.0476 e. The van der Waals surface area contributed by atoms with E-state index in [1.807, 2.05) is 11.3 Å². The average Bonchev–Trinajstić information content (AvgIpc) is 3.72. The third-order valence-electron chi connectivity index (χ3n) is 11.4.